The lowest BCUT2D eigenvalue weighted by molar-refractivity contribution is 0.439. The lowest BCUT2D eigenvalue weighted by Gasteiger charge is -2.15. The van der Waals surface area contributed by atoms with Gasteiger partial charge in [0.25, 0.3) is 0 Å². The molecule has 1 aromatic carbocycles. The number of rotatable bonds is 3. The van der Waals surface area contributed by atoms with Crippen molar-refractivity contribution in [1.29, 1.82) is 0 Å². The second-order valence-corrected chi connectivity index (χ2v) is 5.66. The van der Waals surface area contributed by atoms with E-state index in [4.69, 9.17) is 39.5 Å². The molecule has 8 heteroatoms. The van der Waals surface area contributed by atoms with Crippen LogP contribution in [0.3, 0.4) is 0 Å². The van der Waals surface area contributed by atoms with E-state index in [-0.39, 0.29) is 11.3 Å². The second-order valence-electron chi connectivity index (χ2n) is 4.54. The molecule has 0 N–H and O–H groups in total. The molecule has 21 heavy (non-hydrogen) atoms. The van der Waals surface area contributed by atoms with Crippen LogP contribution < -0.4 is 9.64 Å². The third kappa shape index (κ3) is 3.31. The van der Waals surface area contributed by atoms with Gasteiger partial charge in [-0.1, -0.05) is 29.3 Å². The first-order chi connectivity index (χ1) is 10.1. The molecule has 1 aliphatic rings. The van der Waals surface area contributed by atoms with E-state index in [0.717, 1.165) is 25.9 Å². The van der Waals surface area contributed by atoms with E-state index in [2.05, 4.69) is 15.0 Å². The number of anilines is 1. The van der Waals surface area contributed by atoms with Crippen molar-refractivity contribution in [3.8, 4) is 11.8 Å². The predicted molar refractivity (Wildman–Crippen MR) is 82.8 cm³/mol. The fourth-order valence-corrected chi connectivity index (χ4v) is 2.57. The normalized spacial score (nSPS) is 14.5. The van der Waals surface area contributed by atoms with Gasteiger partial charge in [0.2, 0.25) is 11.2 Å². The number of halogens is 3. The van der Waals surface area contributed by atoms with Crippen LogP contribution in [0.5, 0.6) is 11.8 Å². The minimum atomic E-state index is 0.0834. The van der Waals surface area contributed by atoms with Gasteiger partial charge in [0, 0.05) is 13.1 Å². The highest BCUT2D eigenvalue weighted by atomic mass is 35.5. The number of benzene rings is 1. The van der Waals surface area contributed by atoms with Crippen molar-refractivity contribution in [2.45, 2.75) is 12.8 Å². The molecule has 0 radical (unpaired) electrons. The van der Waals surface area contributed by atoms with Gasteiger partial charge in [-0.25, -0.2) is 0 Å². The first kappa shape index (κ1) is 14.6. The lowest BCUT2D eigenvalue weighted by atomic mass is 10.3. The first-order valence-electron chi connectivity index (χ1n) is 6.42. The molecule has 2 heterocycles. The van der Waals surface area contributed by atoms with Crippen molar-refractivity contribution in [3.63, 3.8) is 0 Å². The Kier molecular flexibility index (Phi) is 4.33. The predicted octanol–water partition coefficient (Wildman–Crippen LogP) is 4.22. The summed E-state index contributed by atoms with van der Waals surface area (Å²) in [5.74, 6) is 0.888. The highest BCUT2D eigenvalue weighted by Gasteiger charge is 2.18. The highest BCUT2D eigenvalue weighted by molar-refractivity contribution is 6.42. The van der Waals surface area contributed by atoms with Gasteiger partial charge in [-0.15, -0.1) is 0 Å². The van der Waals surface area contributed by atoms with Crippen molar-refractivity contribution in [2.75, 3.05) is 18.0 Å². The first-order valence-corrected chi connectivity index (χ1v) is 7.55. The van der Waals surface area contributed by atoms with E-state index in [1.807, 2.05) is 4.90 Å². The van der Waals surface area contributed by atoms with Crippen molar-refractivity contribution in [2.24, 2.45) is 0 Å². The average molecular weight is 346 g/mol. The standard InChI is InChI=1S/C13H11Cl3N4O/c14-8-4-3-5-9(10(8)15)21-13-18-11(16)17-12(19-13)20-6-1-2-7-20/h3-5H,1-2,6-7H2. The van der Waals surface area contributed by atoms with Crippen molar-refractivity contribution < 1.29 is 4.74 Å². The van der Waals surface area contributed by atoms with E-state index in [9.17, 15) is 0 Å². The minimum Gasteiger partial charge on any atom is -0.422 e. The van der Waals surface area contributed by atoms with Gasteiger partial charge in [0.15, 0.2) is 5.75 Å². The monoisotopic (exact) mass is 344 g/mol. The number of hydrogen-bond donors (Lipinski definition) is 0. The molecular formula is C13H11Cl3N4O. The van der Waals surface area contributed by atoms with Crippen LogP contribution >= 0.6 is 34.8 Å². The molecule has 5 nitrogen and oxygen atoms in total. The SMILES string of the molecule is Clc1nc(Oc2cccc(Cl)c2Cl)nc(N2CCCC2)n1. The van der Waals surface area contributed by atoms with Gasteiger partial charge in [-0.2, -0.15) is 15.0 Å². The van der Waals surface area contributed by atoms with Gasteiger partial charge in [0.05, 0.1) is 5.02 Å². The number of aromatic nitrogens is 3. The van der Waals surface area contributed by atoms with Crippen LogP contribution in [0.1, 0.15) is 12.8 Å². The molecule has 0 spiro atoms. The van der Waals surface area contributed by atoms with Crippen molar-refractivity contribution in [3.05, 3.63) is 33.5 Å². The molecule has 1 aromatic heterocycles. The Bertz CT molecular complexity index is 662. The Morgan fingerprint density at radius 3 is 2.52 bits per heavy atom. The van der Waals surface area contributed by atoms with E-state index in [1.165, 1.54) is 0 Å². The summed E-state index contributed by atoms with van der Waals surface area (Å²) in [6.45, 7) is 1.80. The quantitative estimate of drug-likeness (QED) is 0.833. The molecule has 0 atom stereocenters. The van der Waals surface area contributed by atoms with Crippen LogP contribution in [-0.4, -0.2) is 28.0 Å². The third-order valence-corrected chi connectivity index (χ3v) is 4.05. The summed E-state index contributed by atoms with van der Waals surface area (Å²) in [5, 5.41) is 0.785. The van der Waals surface area contributed by atoms with Gasteiger partial charge in [0.1, 0.15) is 5.02 Å². The molecule has 0 unspecified atom stereocenters. The molecule has 1 saturated heterocycles. The largest absolute Gasteiger partial charge is 0.422 e. The van der Waals surface area contributed by atoms with E-state index in [0.29, 0.717) is 21.7 Å². The summed E-state index contributed by atoms with van der Waals surface area (Å²) >= 11 is 18.0. The van der Waals surface area contributed by atoms with Gasteiger partial charge >= 0.3 is 6.01 Å². The van der Waals surface area contributed by atoms with Crippen LogP contribution in [0.15, 0.2) is 18.2 Å². The number of hydrogen-bond acceptors (Lipinski definition) is 5. The fourth-order valence-electron chi connectivity index (χ4n) is 2.09. The molecule has 110 valence electrons. The van der Waals surface area contributed by atoms with Crippen LogP contribution in [0.2, 0.25) is 15.3 Å². The molecule has 1 aliphatic heterocycles. The van der Waals surface area contributed by atoms with Crippen molar-refractivity contribution in [1.82, 2.24) is 15.0 Å². The molecule has 0 amide bonds. The lowest BCUT2D eigenvalue weighted by Crippen LogP contribution is -2.21. The summed E-state index contributed by atoms with van der Waals surface area (Å²) in [5.41, 5.74) is 0. The fraction of sp³-hybridized carbons (Fsp3) is 0.308. The average Bonchev–Trinajstić information content (AvgIpc) is 2.97. The van der Waals surface area contributed by atoms with E-state index >= 15 is 0 Å². The van der Waals surface area contributed by atoms with Crippen LogP contribution in [0.4, 0.5) is 5.95 Å². The molecule has 0 saturated carbocycles. The van der Waals surface area contributed by atoms with E-state index in [1.54, 1.807) is 18.2 Å². The van der Waals surface area contributed by atoms with Gasteiger partial charge < -0.3 is 9.64 Å². The smallest absolute Gasteiger partial charge is 0.328 e. The molecule has 0 bridgehead atoms. The maximum absolute atomic E-state index is 6.08. The summed E-state index contributed by atoms with van der Waals surface area (Å²) < 4.78 is 5.58. The Balaban J connectivity index is 1.89. The second kappa shape index (κ2) is 6.22. The summed E-state index contributed by atoms with van der Waals surface area (Å²) in [6.07, 6.45) is 2.22. The summed E-state index contributed by atoms with van der Waals surface area (Å²) in [7, 11) is 0. The number of ether oxygens (including phenoxy) is 1. The summed E-state index contributed by atoms with van der Waals surface area (Å²) in [4.78, 5) is 14.4. The molecule has 2 aromatic rings. The van der Waals surface area contributed by atoms with E-state index < -0.39 is 0 Å². The molecule has 1 fully saturated rings. The van der Waals surface area contributed by atoms with Crippen LogP contribution in [0.25, 0.3) is 0 Å². The van der Waals surface area contributed by atoms with Crippen LogP contribution in [0, 0.1) is 0 Å². The Morgan fingerprint density at radius 2 is 1.76 bits per heavy atom. The highest BCUT2D eigenvalue weighted by Crippen LogP contribution is 2.34. The Morgan fingerprint density at radius 1 is 1.00 bits per heavy atom. The van der Waals surface area contributed by atoms with Crippen LogP contribution in [-0.2, 0) is 0 Å². The molecular weight excluding hydrogens is 335 g/mol. The number of nitrogens with zero attached hydrogens (tertiary/aromatic N) is 4. The zero-order valence-electron chi connectivity index (χ0n) is 10.9. The third-order valence-electron chi connectivity index (χ3n) is 3.08. The van der Waals surface area contributed by atoms with Gasteiger partial charge in [-0.05, 0) is 36.6 Å². The maximum Gasteiger partial charge on any atom is 0.328 e. The van der Waals surface area contributed by atoms with Crippen molar-refractivity contribution >= 4 is 40.8 Å². The topological polar surface area (TPSA) is 51.1 Å². The maximum atomic E-state index is 6.08. The molecule has 0 aliphatic carbocycles. The summed E-state index contributed by atoms with van der Waals surface area (Å²) in [6, 6.07) is 5.18. The molecule has 3 rings (SSSR count). The van der Waals surface area contributed by atoms with Gasteiger partial charge in [-0.3, -0.25) is 0 Å². The zero-order chi connectivity index (χ0) is 14.8. The Labute approximate surface area is 136 Å². The zero-order valence-corrected chi connectivity index (χ0v) is 13.2. The Hall–Kier alpha value is -1.30. The minimum absolute atomic E-state index is 0.0834.